The molecular weight excluding hydrogens is 452 g/mol. The van der Waals surface area contributed by atoms with E-state index in [2.05, 4.69) is 32.5 Å². The molecule has 4 rings (SSSR count). The van der Waals surface area contributed by atoms with Gasteiger partial charge in [0.05, 0.1) is 37.6 Å². The number of hydrogen-bond donors (Lipinski definition) is 1. The van der Waals surface area contributed by atoms with Crippen LogP contribution in [0.15, 0.2) is 52.1 Å². The van der Waals surface area contributed by atoms with Crippen LogP contribution in [0.2, 0.25) is 0 Å². The van der Waals surface area contributed by atoms with Crippen LogP contribution in [0.1, 0.15) is 39.0 Å². The molecule has 8 nitrogen and oxygen atoms in total. The van der Waals surface area contributed by atoms with E-state index in [4.69, 9.17) is 14.0 Å². The van der Waals surface area contributed by atoms with Crippen molar-refractivity contribution in [2.24, 2.45) is 0 Å². The lowest BCUT2D eigenvalue weighted by Crippen LogP contribution is -2.43. The fourth-order valence-electron chi connectivity index (χ4n) is 3.98. The first-order valence-corrected chi connectivity index (χ1v) is 12.3. The van der Waals surface area contributed by atoms with Gasteiger partial charge < -0.3 is 19.3 Å². The molecule has 2 aromatic heterocycles. The molecule has 1 unspecified atom stereocenters. The van der Waals surface area contributed by atoms with Crippen LogP contribution in [0.5, 0.6) is 5.75 Å². The number of morpholine rings is 1. The fraction of sp³-hybridized carbons (Fsp3) is 0.400. The maximum atomic E-state index is 13.2. The monoisotopic (exact) mass is 482 g/mol. The van der Waals surface area contributed by atoms with Crippen LogP contribution < -0.4 is 10.1 Å². The highest BCUT2D eigenvalue weighted by molar-refractivity contribution is 7.98. The minimum atomic E-state index is -0.138. The molecule has 3 aromatic rings. The summed E-state index contributed by atoms with van der Waals surface area (Å²) < 4.78 is 16.1. The molecule has 1 aromatic carbocycles. The lowest BCUT2D eigenvalue weighted by atomic mass is 10.0. The second-order valence-corrected chi connectivity index (χ2v) is 9.06. The average Bonchev–Trinajstić information content (AvgIpc) is 3.20. The number of aromatic nitrogens is 2. The van der Waals surface area contributed by atoms with Gasteiger partial charge in [-0.2, -0.15) is 0 Å². The number of nitrogens with one attached hydrogen (secondary N) is 1. The van der Waals surface area contributed by atoms with Crippen molar-refractivity contribution in [2.45, 2.75) is 30.7 Å². The molecule has 1 fully saturated rings. The smallest absolute Gasteiger partial charge is 0.254 e. The first-order valence-electron chi connectivity index (χ1n) is 11.3. The van der Waals surface area contributed by atoms with Gasteiger partial charge in [0.2, 0.25) is 0 Å². The molecule has 0 saturated carbocycles. The number of amides is 1. The number of methoxy groups -OCH3 is 1. The number of benzene rings is 1. The number of carbonyl (C=O) groups is 1. The number of hydrogen-bond acceptors (Lipinski definition) is 8. The summed E-state index contributed by atoms with van der Waals surface area (Å²) in [6.07, 6.45) is 1.71. The maximum absolute atomic E-state index is 13.2. The zero-order valence-electron chi connectivity index (χ0n) is 19.7. The van der Waals surface area contributed by atoms with Crippen LogP contribution in [0.3, 0.4) is 0 Å². The Kier molecular flexibility index (Phi) is 8.21. The number of thioether (sulfide) groups is 1. The molecule has 0 radical (unpaired) electrons. The van der Waals surface area contributed by atoms with Crippen molar-refractivity contribution in [2.75, 3.05) is 40.0 Å². The second kappa shape index (κ2) is 11.5. The summed E-state index contributed by atoms with van der Waals surface area (Å²) in [7, 11) is 1.66. The Balaban J connectivity index is 1.47. The van der Waals surface area contributed by atoms with Crippen LogP contribution in [-0.2, 0) is 10.5 Å². The molecule has 1 aliphatic heterocycles. The Morgan fingerprint density at radius 1 is 1.21 bits per heavy atom. The quantitative estimate of drug-likeness (QED) is 0.461. The lowest BCUT2D eigenvalue weighted by molar-refractivity contribution is 0.0162. The van der Waals surface area contributed by atoms with Gasteiger partial charge in [-0.25, -0.2) is 4.98 Å². The molecule has 1 N–H and O–H groups in total. The Morgan fingerprint density at radius 3 is 2.65 bits per heavy atom. The fourth-order valence-corrected chi connectivity index (χ4v) is 5.13. The third-order valence-electron chi connectivity index (χ3n) is 5.99. The lowest BCUT2D eigenvalue weighted by Gasteiger charge is -2.35. The minimum absolute atomic E-state index is 0.0360. The summed E-state index contributed by atoms with van der Waals surface area (Å²) in [6.45, 7) is 7.30. The first-order chi connectivity index (χ1) is 16.6. The molecule has 0 bridgehead atoms. The number of ether oxygens (including phenoxy) is 2. The van der Waals surface area contributed by atoms with Gasteiger partial charge in [0.1, 0.15) is 16.5 Å². The van der Waals surface area contributed by atoms with Gasteiger partial charge >= 0.3 is 0 Å². The van der Waals surface area contributed by atoms with Gasteiger partial charge in [-0.05, 0) is 43.7 Å². The van der Waals surface area contributed by atoms with Crippen LogP contribution in [0.25, 0.3) is 0 Å². The van der Waals surface area contributed by atoms with Gasteiger partial charge in [-0.1, -0.05) is 17.3 Å². The number of nitrogens with zero attached hydrogens (tertiary/aromatic N) is 3. The highest BCUT2D eigenvalue weighted by Crippen LogP contribution is 2.28. The van der Waals surface area contributed by atoms with Crippen LogP contribution >= 0.6 is 11.8 Å². The van der Waals surface area contributed by atoms with Crippen LogP contribution in [0.4, 0.5) is 0 Å². The molecule has 3 heterocycles. The van der Waals surface area contributed by atoms with Gasteiger partial charge in [0, 0.05) is 37.1 Å². The van der Waals surface area contributed by atoms with Gasteiger partial charge in [-0.3, -0.25) is 9.69 Å². The number of rotatable bonds is 9. The topological polar surface area (TPSA) is 89.7 Å². The maximum Gasteiger partial charge on any atom is 0.254 e. The highest BCUT2D eigenvalue weighted by atomic mass is 32.2. The summed E-state index contributed by atoms with van der Waals surface area (Å²) >= 11 is 1.51. The minimum Gasteiger partial charge on any atom is -0.497 e. The van der Waals surface area contributed by atoms with Gasteiger partial charge in [0.15, 0.2) is 0 Å². The van der Waals surface area contributed by atoms with E-state index in [1.54, 1.807) is 19.4 Å². The summed E-state index contributed by atoms with van der Waals surface area (Å²) in [5.74, 6) is 2.10. The number of pyridine rings is 1. The van der Waals surface area contributed by atoms with E-state index in [0.717, 1.165) is 41.4 Å². The SMILES string of the molecule is COc1ccc(C(CNC(=O)c2cccnc2SCc2c(C)noc2C)N2CCOCC2)cc1. The van der Waals surface area contributed by atoms with Crippen molar-refractivity contribution in [3.8, 4) is 5.75 Å². The zero-order chi connectivity index (χ0) is 23.9. The Hall–Kier alpha value is -2.88. The summed E-state index contributed by atoms with van der Waals surface area (Å²) in [4.78, 5) is 20.0. The van der Waals surface area contributed by atoms with Crippen molar-refractivity contribution >= 4 is 17.7 Å². The molecule has 0 aliphatic carbocycles. The van der Waals surface area contributed by atoms with Crippen LogP contribution in [0, 0.1) is 13.8 Å². The van der Waals surface area contributed by atoms with Crippen molar-refractivity contribution in [3.05, 3.63) is 70.7 Å². The van der Waals surface area contributed by atoms with Gasteiger partial charge in [-0.15, -0.1) is 11.8 Å². The zero-order valence-corrected chi connectivity index (χ0v) is 20.6. The number of carbonyl (C=O) groups excluding carboxylic acids is 1. The van der Waals surface area contributed by atoms with Gasteiger partial charge in [0.25, 0.3) is 5.91 Å². The van der Waals surface area contributed by atoms with E-state index in [0.29, 0.717) is 36.1 Å². The number of aryl methyl sites for hydroxylation is 2. The molecule has 0 spiro atoms. The Morgan fingerprint density at radius 2 is 1.97 bits per heavy atom. The average molecular weight is 483 g/mol. The predicted octanol–water partition coefficient (Wildman–Crippen LogP) is 3.79. The Bertz CT molecular complexity index is 1080. The van der Waals surface area contributed by atoms with Crippen LogP contribution in [-0.4, -0.2) is 60.9 Å². The molecule has 9 heteroatoms. The molecular formula is C25H30N4O4S. The van der Waals surface area contributed by atoms with Crippen molar-refractivity contribution < 1.29 is 18.8 Å². The van der Waals surface area contributed by atoms with E-state index in [1.165, 1.54) is 11.8 Å². The van der Waals surface area contributed by atoms with E-state index < -0.39 is 0 Å². The largest absolute Gasteiger partial charge is 0.497 e. The summed E-state index contributed by atoms with van der Waals surface area (Å²) in [6, 6.07) is 11.7. The predicted molar refractivity (Wildman–Crippen MR) is 130 cm³/mol. The highest BCUT2D eigenvalue weighted by Gasteiger charge is 2.24. The second-order valence-electron chi connectivity index (χ2n) is 8.09. The Labute approximate surface area is 204 Å². The molecule has 1 atom stereocenters. The molecule has 1 amide bonds. The summed E-state index contributed by atoms with van der Waals surface area (Å²) in [5, 5.41) is 7.84. The van der Waals surface area contributed by atoms with E-state index in [9.17, 15) is 4.79 Å². The third-order valence-corrected chi connectivity index (χ3v) is 7.02. The molecule has 34 heavy (non-hydrogen) atoms. The van der Waals surface area contributed by atoms with Crippen molar-refractivity contribution in [1.82, 2.24) is 20.4 Å². The standard InChI is InChI=1S/C25H30N4O4S/c1-17-22(18(2)33-28-17)16-34-25-21(5-4-10-26-25)24(30)27-15-23(29-11-13-32-14-12-29)19-6-8-20(31-3)9-7-19/h4-10,23H,11-16H2,1-3H3,(H,27,30). The first kappa shape index (κ1) is 24.3. The van der Waals surface area contributed by atoms with Crippen molar-refractivity contribution in [3.63, 3.8) is 0 Å². The molecule has 1 aliphatic rings. The molecule has 180 valence electrons. The normalized spacial score (nSPS) is 15.1. The summed E-state index contributed by atoms with van der Waals surface area (Å²) in [5.41, 5.74) is 3.59. The third kappa shape index (κ3) is 5.78. The van der Waals surface area contributed by atoms with E-state index in [1.807, 2.05) is 32.0 Å². The van der Waals surface area contributed by atoms with E-state index in [-0.39, 0.29) is 11.9 Å². The molecule has 1 saturated heterocycles. The van der Waals surface area contributed by atoms with Crippen molar-refractivity contribution in [1.29, 1.82) is 0 Å². The van der Waals surface area contributed by atoms with E-state index >= 15 is 0 Å².